The normalized spacial score (nSPS) is 12.0. The maximum atomic E-state index is 13.8. The van der Waals surface area contributed by atoms with Gasteiger partial charge in [0.25, 0.3) is 5.91 Å². The number of hydrogen-bond donors (Lipinski definition) is 0. The van der Waals surface area contributed by atoms with Gasteiger partial charge in [-0.3, -0.25) is 9.48 Å². The summed E-state index contributed by atoms with van der Waals surface area (Å²) in [6.45, 7) is 4.27. The van der Waals surface area contributed by atoms with Gasteiger partial charge in [0.15, 0.2) is 17.0 Å². The Hall–Kier alpha value is -3.69. The van der Waals surface area contributed by atoms with Crippen LogP contribution in [0.2, 0.25) is 0 Å². The molecule has 0 N–H and O–H groups in total. The summed E-state index contributed by atoms with van der Waals surface area (Å²) < 4.78 is 43.8. The molecular formula is C23H23F3N6O. The van der Waals surface area contributed by atoms with E-state index in [1.807, 2.05) is 26.0 Å². The molecule has 1 amide bonds. The molecule has 0 radical (unpaired) electrons. The van der Waals surface area contributed by atoms with E-state index in [0.717, 1.165) is 11.6 Å². The highest BCUT2D eigenvalue weighted by molar-refractivity contribution is 5.93. The summed E-state index contributed by atoms with van der Waals surface area (Å²) in [6, 6.07) is 11.2. The van der Waals surface area contributed by atoms with Crippen molar-refractivity contribution in [2.24, 2.45) is 7.05 Å². The summed E-state index contributed by atoms with van der Waals surface area (Å²) in [5, 5.41) is 8.15. The number of hydrogen-bond acceptors (Lipinski definition) is 4. The fourth-order valence-corrected chi connectivity index (χ4v) is 3.53. The number of aryl methyl sites for hydroxylation is 1. The Morgan fingerprint density at radius 2 is 1.79 bits per heavy atom. The van der Waals surface area contributed by atoms with Gasteiger partial charge in [-0.1, -0.05) is 38.1 Å². The van der Waals surface area contributed by atoms with E-state index in [1.54, 1.807) is 43.2 Å². The number of amides is 1. The molecule has 0 spiro atoms. The smallest absolute Gasteiger partial charge is 0.334 e. The molecule has 172 valence electrons. The first-order valence-corrected chi connectivity index (χ1v) is 10.4. The van der Waals surface area contributed by atoms with E-state index >= 15 is 0 Å². The summed E-state index contributed by atoms with van der Waals surface area (Å²) in [5.41, 5.74) is 1.25. The second kappa shape index (κ2) is 8.34. The SMILES string of the molecule is CC(C)c1ccc(-c2cc(C(F)(F)F)n3nc(C(=O)N(C)Cc4ccn(C)n4)cc3n2)cc1. The van der Waals surface area contributed by atoms with E-state index < -0.39 is 17.8 Å². The maximum Gasteiger partial charge on any atom is 0.433 e. The monoisotopic (exact) mass is 456 g/mol. The fraction of sp³-hybridized carbons (Fsp3) is 0.304. The molecule has 4 rings (SSSR count). The molecular weight excluding hydrogens is 433 g/mol. The molecule has 10 heteroatoms. The molecule has 0 aliphatic rings. The molecule has 33 heavy (non-hydrogen) atoms. The number of carbonyl (C=O) groups excluding carboxylic acids is 1. The van der Waals surface area contributed by atoms with Gasteiger partial charge >= 0.3 is 6.18 Å². The summed E-state index contributed by atoms with van der Waals surface area (Å²) in [4.78, 5) is 18.6. The van der Waals surface area contributed by atoms with Crippen LogP contribution < -0.4 is 0 Å². The first-order valence-electron chi connectivity index (χ1n) is 10.4. The summed E-state index contributed by atoms with van der Waals surface area (Å²) in [7, 11) is 3.30. The summed E-state index contributed by atoms with van der Waals surface area (Å²) in [5.74, 6) is -0.228. The van der Waals surface area contributed by atoms with Crippen LogP contribution in [0, 0.1) is 0 Å². The summed E-state index contributed by atoms with van der Waals surface area (Å²) >= 11 is 0. The lowest BCUT2D eigenvalue weighted by Gasteiger charge is -2.14. The Balaban J connectivity index is 1.73. The minimum Gasteiger partial charge on any atom is -0.334 e. The number of fused-ring (bicyclic) bond motifs is 1. The largest absolute Gasteiger partial charge is 0.433 e. The van der Waals surface area contributed by atoms with Crippen LogP contribution in [-0.4, -0.2) is 42.2 Å². The van der Waals surface area contributed by atoms with Crippen LogP contribution in [0.4, 0.5) is 13.2 Å². The molecule has 1 aromatic carbocycles. The van der Waals surface area contributed by atoms with Crippen molar-refractivity contribution in [1.82, 2.24) is 29.3 Å². The molecule has 0 fully saturated rings. The van der Waals surface area contributed by atoms with Crippen LogP contribution in [-0.2, 0) is 19.8 Å². The highest BCUT2D eigenvalue weighted by Gasteiger charge is 2.36. The minimum atomic E-state index is -4.68. The fourth-order valence-electron chi connectivity index (χ4n) is 3.53. The third-order valence-corrected chi connectivity index (χ3v) is 5.32. The highest BCUT2D eigenvalue weighted by atomic mass is 19.4. The molecule has 0 saturated heterocycles. The first kappa shape index (κ1) is 22.5. The Morgan fingerprint density at radius 3 is 2.36 bits per heavy atom. The van der Waals surface area contributed by atoms with Crippen molar-refractivity contribution in [2.75, 3.05) is 7.05 Å². The molecule has 0 aliphatic carbocycles. The van der Waals surface area contributed by atoms with E-state index in [2.05, 4.69) is 15.2 Å². The topological polar surface area (TPSA) is 68.3 Å². The molecule has 0 atom stereocenters. The standard InChI is InChI=1S/C23H23F3N6O/c1-14(2)15-5-7-16(8-6-15)18-11-20(23(24,25)26)32-21(27-18)12-19(29-32)22(33)30(3)13-17-9-10-31(4)28-17/h5-12,14H,13H2,1-4H3. The van der Waals surface area contributed by atoms with Crippen LogP contribution in [0.15, 0.2) is 48.7 Å². The van der Waals surface area contributed by atoms with Crippen molar-refractivity contribution >= 4 is 11.6 Å². The lowest BCUT2D eigenvalue weighted by atomic mass is 10.0. The summed E-state index contributed by atoms with van der Waals surface area (Å²) in [6.07, 6.45) is -2.94. The third-order valence-electron chi connectivity index (χ3n) is 5.32. The molecule has 0 aliphatic heterocycles. The van der Waals surface area contributed by atoms with Crippen molar-refractivity contribution < 1.29 is 18.0 Å². The number of nitrogens with zero attached hydrogens (tertiary/aromatic N) is 6. The molecule has 0 saturated carbocycles. The Kier molecular flexibility index (Phi) is 5.69. The molecule has 0 bridgehead atoms. The zero-order chi connectivity index (χ0) is 23.9. The van der Waals surface area contributed by atoms with Crippen LogP contribution >= 0.6 is 0 Å². The Labute approximate surface area is 188 Å². The van der Waals surface area contributed by atoms with Gasteiger partial charge in [-0.2, -0.15) is 23.4 Å². The van der Waals surface area contributed by atoms with Gasteiger partial charge in [0, 0.05) is 31.9 Å². The van der Waals surface area contributed by atoms with Crippen LogP contribution in [0.3, 0.4) is 0 Å². The van der Waals surface area contributed by atoms with Crippen LogP contribution in [0.1, 0.15) is 47.2 Å². The van der Waals surface area contributed by atoms with E-state index in [-0.39, 0.29) is 23.6 Å². The Morgan fingerprint density at radius 1 is 1.09 bits per heavy atom. The van der Waals surface area contributed by atoms with Gasteiger partial charge in [0.1, 0.15) is 0 Å². The Bertz CT molecular complexity index is 1300. The molecule has 7 nitrogen and oxygen atoms in total. The van der Waals surface area contributed by atoms with E-state index in [9.17, 15) is 18.0 Å². The first-order chi connectivity index (χ1) is 15.5. The van der Waals surface area contributed by atoms with E-state index in [0.29, 0.717) is 21.7 Å². The van der Waals surface area contributed by atoms with Gasteiger partial charge in [-0.15, -0.1) is 0 Å². The maximum absolute atomic E-state index is 13.8. The molecule has 0 unspecified atom stereocenters. The van der Waals surface area contributed by atoms with E-state index in [4.69, 9.17) is 0 Å². The zero-order valence-electron chi connectivity index (χ0n) is 18.6. The minimum absolute atomic E-state index is 0.0534. The second-order valence-electron chi connectivity index (χ2n) is 8.24. The van der Waals surface area contributed by atoms with Gasteiger partial charge in [0.2, 0.25) is 0 Å². The number of carbonyl (C=O) groups is 1. The molecule has 3 heterocycles. The molecule has 4 aromatic rings. The van der Waals surface area contributed by atoms with Gasteiger partial charge in [-0.25, -0.2) is 9.50 Å². The van der Waals surface area contributed by atoms with Crippen molar-refractivity contribution in [3.63, 3.8) is 0 Å². The number of alkyl halides is 3. The van der Waals surface area contributed by atoms with Crippen molar-refractivity contribution in [1.29, 1.82) is 0 Å². The van der Waals surface area contributed by atoms with Crippen molar-refractivity contribution in [3.05, 3.63) is 71.3 Å². The number of benzene rings is 1. The van der Waals surface area contributed by atoms with Crippen molar-refractivity contribution in [3.8, 4) is 11.3 Å². The van der Waals surface area contributed by atoms with Crippen molar-refractivity contribution in [2.45, 2.75) is 32.5 Å². The molecule has 3 aromatic heterocycles. The number of halogens is 3. The lowest BCUT2D eigenvalue weighted by Crippen LogP contribution is -2.27. The van der Waals surface area contributed by atoms with Gasteiger partial charge in [0.05, 0.1) is 17.9 Å². The van der Waals surface area contributed by atoms with Crippen LogP contribution in [0.25, 0.3) is 16.9 Å². The average Bonchev–Trinajstić information content (AvgIpc) is 3.37. The predicted molar refractivity (Wildman–Crippen MR) is 117 cm³/mol. The lowest BCUT2D eigenvalue weighted by molar-refractivity contribution is -0.142. The second-order valence-corrected chi connectivity index (χ2v) is 8.24. The average molecular weight is 456 g/mol. The quantitative estimate of drug-likeness (QED) is 0.442. The predicted octanol–water partition coefficient (Wildman–Crippen LogP) is 4.54. The highest BCUT2D eigenvalue weighted by Crippen LogP contribution is 2.32. The van der Waals surface area contributed by atoms with Crippen LogP contribution in [0.5, 0.6) is 0 Å². The van der Waals surface area contributed by atoms with Gasteiger partial charge < -0.3 is 4.90 Å². The zero-order valence-corrected chi connectivity index (χ0v) is 18.6. The number of aromatic nitrogens is 5. The number of rotatable bonds is 5. The van der Waals surface area contributed by atoms with E-state index in [1.165, 1.54) is 11.0 Å². The van der Waals surface area contributed by atoms with Gasteiger partial charge in [-0.05, 0) is 23.6 Å². The third kappa shape index (κ3) is 4.59.